The summed E-state index contributed by atoms with van der Waals surface area (Å²) < 4.78 is 5.89. The van der Waals surface area contributed by atoms with Crippen LogP contribution in [0.2, 0.25) is 0 Å². The molecule has 0 fully saturated rings. The summed E-state index contributed by atoms with van der Waals surface area (Å²) in [5.74, 6) is 0.727. The molecule has 0 amide bonds. The lowest BCUT2D eigenvalue weighted by Gasteiger charge is -2.18. The molecular formula is C14H21NO3. The van der Waals surface area contributed by atoms with Crippen molar-refractivity contribution < 1.29 is 9.66 Å². The van der Waals surface area contributed by atoms with E-state index in [9.17, 15) is 10.1 Å². The molecule has 0 aromatic heterocycles. The van der Waals surface area contributed by atoms with Crippen molar-refractivity contribution in [2.75, 3.05) is 0 Å². The smallest absolute Gasteiger partial charge is 0.272 e. The summed E-state index contributed by atoms with van der Waals surface area (Å²) in [4.78, 5) is 10.4. The number of hydrogen-bond acceptors (Lipinski definition) is 3. The number of rotatable bonds is 7. The van der Waals surface area contributed by atoms with Gasteiger partial charge in [0.05, 0.1) is 11.0 Å². The molecule has 0 N–H and O–H groups in total. The lowest BCUT2D eigenvalue weighted by atomic mass is 10.1. The highest BCUT2D eigenvalue weighted by Gasteiger charge is 2.13. The first-order valence-electron chi connectivity index (χ1n) is 6.50. The van der Waals surface area contributed by atoms with Gasteiger partial charge in [-0.25, -0.2) is 0 Å². The molecule has 0 aliphatic rings. The van der Waals surface area contributed by atoms with E-state index in [-0.39, 0.29) is 16.7 Å². The maximum Gasteiger partial charge on any atom is 0.272 e. The van der Waals surface area contributed by atoms with E-state index < -0.39 is 0 Å². The molecule has 0 radical (unpaired) electrons. The minimum absolute atomic E-state index is 0.143. The Balaban J connectivity index is 2.77. The number of nitro groups is 1. The second-order valence-corrected chi connectivity index (χ2v) is 4.52. The van der Waals surface area contributed by atoms with Gasteiger partial charge in [0.2, 0.25) is 0 Å². The van der Waals surface area contributed by atoms with Gasteiger partial charge in [0, 0.05) is 11.6 Å². The molecule has 4 nitrogen and oxygen atoms in total. The molecule has 18 heavy (non-hydrogen) atoms. The number of benzene rings is 1. The van der Waals surface area contributed by atoms with Crippen LogP contribution < -0.4 is 4.74 Å². The Bertz CT molecular complexity index is 398. The van der Waals surface area contributed by atoms with E-state index in [1.54, 1.807) is 19.1 Å². The van der Waals surface area contributed by atoms with E-state index >= 15 is 0 Å². The van der Waals surface area contributed by atoms with Crippen LogP contribution in [0.4, 0.5) is 5.69 Å². The fourth-order valence-corrected chi connectivity index (χ4v) is 2.00. The molecule has 0 aliphatic heterocycles. The first-order valence-corrected chi connectivity index (χ1v) is 6.50. The quantitative estimate of drug-likeness (QED) is 0.537. The van der Waals surface area contributed by atoms with E-state index in [1.165, 1.54) is 6.07 Å². The Morgan fingerprint density at radius 3 is 2.33 bits per heavy atom. The predicted molar refractivity (Wildman–Crippen MR) is 72.1 cm³/mol. The number of aryl methyl sites for hydroxylation is 1. The van der Waals surface area contributed by atoms with Gasteiger partial charge in [0.25, 0.3) is 5.69 Å². The third kappa shape index (κ3) is 4.02. The largest absolute Gasteiger partial charge is 0.490 e. The second kappa shape index (κ2) is 6.99. The summed E-state index contributed by atoms with van der Waals surface area (Å²) in [6.45, 7) is 6.00. The number of nitro benzene ring substituents is 1. The summed E-state index contributed by atoms with van der Waals surface area (Å²) in [6, 6.07) is 4.94. The Hall–Kier alpha value is -1.58. The van der Waals surface area contributed by atoms with Crippen LogP contribution in [-0.2, 0) is 0 Å². The summed E-state index contributed by atoms with van der Waals surface area (Å²) in [5, 5.41) is 10.7. The fourth-order valence-electron chi connectivity index (χ4n) is 2.00. The van der Waals surface area contributed by atoms with Gasteiger partial charge in [-0.2, -0.15) is 0 Å². The van der Waals surface area contributed by atoms with Gasteiger partial charge in [0.1, 0.15) is 5.75 Å². The molecule has 1 rings (SSSR count). The highest BCUT2D eigenvalue weighted by atomic mass is 16.6. The van der Waals surface area contributed by atoms with Gasteiger partial charge in [-0.3, -0.25) is 10.1 Å². The van der Waals surface area contributed by atoms with E-state index in [0.29, 0.717) is 5.56 Å². The monoisotopic (exact) mass is 251 g/mol. The fraction of sp³-hybridized carbons (Fsp3) is 0.571. The van der Waals surface area contributed by atoms with Crippen molar-refractivity contribution >= 4 is 5.69 Å². The second-order valence-electron chi connectivity index (χ2n) is 4.52. The van der Waals surface area contributed by atoms with Crippen molar-refractivity contribution in [3.63, 3.8) is 0 Å². The molecule has 0 heterocycles. The molecule has 0 bridgehead atoms. The van der Waals surface area contributed by atoms with Crippen LogP contribution in [0.25, 0.3) is 0 Å². The van der Waals surface area contributed by atoms with E-state index in [4.69, 9.17) is 4.74 Å². The first kappa shape index (κ1) is 14.5. The Morgan fingerprint density at radius 1 is 1.28 bits per heavy atom. The van der Waals surface area contributed by atoms with Crippen LogP contribution in [0.15, 0.2) is 18.2 Å². The Morgan fingerprint density at radius 2 is 1.89 bits per heavy atom. The van der Waals surface area contributed by atoms with Gasteiger partial charge in [-0.1, -0.05) is 26.7 Å². The zero-order chi connectivity index (χ0) is 13.5. The van der Waals surface area contributed by atoms with Crippen LogP contribution in [-0.4, -0.2) is 11.0 Å². The van der Waals surface area contributed by atoms with Crippen LogP contribution >= 0.6 is 0 Å². The minimum atomic E-state index is -0.366. The maximum atomic E-state index is 10.7. The molecule has 1 aromatic rings. The van der Waals surface area contributed by atoms with Crippen LogP contribution in [0, 0.1) is 17.0 Å². The van der Waals surface area contributed by atoms with Gasteiger partial charge < -0.3 is 4.74 Å². The lowest BCUT2D eigenvalue weighted by molar-refractivity contribution is -0.385. The molecule has 0 saturated heterocycles. The zero-order valence-corrected chi connectivity index (χ0v) is 11.3. The third-order valence-corrected chi connectivity index (χ3v) is 2.89. The molecule has 1 aromatic carbocycles. The van der Waals surface area contributed by atoms with E-state index in [2.05, 4.69) is 13.8 Å². The van der Waals surface area contributed by atoms with Gasteiger partial charge in [0.15, 0.2) is 0 Å². The van der Waals surface area contributed by atoms with Crippen molar-refractivity contribution in [2.45, 2.75) is 52.6 Å². The van der Waals surface area contributed by atoms with E-state index in [1.807, 2.05) is 0 Å². The summed E-state index contributed by atoms with van der Waals surface area (Å²) in [5.41, 5.74) is 0.786. The molecule has 0 spiro atoms. The summed E-state index contributed by atoms with van der Waals surface area (Å²) in [7, 11) is 0. The standard InChI is InChI=1S/C14H21NO3/c1-4-6-12(7-5-2)18-13-8-9-14(15(16)17)11(3)10-13/h8-10,12H,4-7H2,1-3H3. The predicted octanol–water partition coefficient (Wildman–Crippen LogP) is 4.25. The molecule has 0 unspecified atom stereocenters. The third-order valence-electron chi connectivity index (χ3n) is 2.89. The summed E-state index contributed by atoms with van der Waals surface area (Å²) >= 11 is 0. The SMILES string of the molecule is CCCC(CCC)Oc1ccc([N+](=O)[O-])c(C)c1. The summed E-state index contributed by atoms with van der Waals surface area (Å²) in [6.07, 6.45) is 4.40. The normalized spacial score (nSPS) is 10.7. The number of hydrogen-bond donors (Lipinski definition) is 0. The number of nitrogens with zero attached hydrogens (tertiary/aromatic N) is 1. The molecule has 0 atom stereocenters. The maximum absolute atomic E-state index is 10.7. The molecule has 0 aliphatic carbocycles. The average Bonchev–Trinajstić information content (AvgIpc) is 2.29. The van der Waals surface area contributed by atoms with Gasteiger partial charge in [-0.15, -0.1) is 0 Å². The molecule has 0 saturated carbocycles. The van der Waals surface area contributed by atoms with E-state index in [0.717, 1.165) is 31.4 Å². The van der Waals surface area contributed by atoms with Gasteiger partial charge in [-0.05, 0) is 31.9 Å². The topological polar surface area (TPSA) is 52.4 Å². The first-order chi connectivity index (χ1) is 8.58. The molecule has 4 heteroatoms. The Kier molecular flexibility index (Phi) is 5.62. The van der Waals surface area contributed by atoms with Crippen LogP contribution in [0.1, 0.15) is 45.1 Å². The highest BCUT2D eigenvalue weighted by molar-refractivity contribution is 5.44. The van der Waals surface area contributed by atoms with Crippen molar-refractivity contribution in [1.82, 2.24) is 0 Å². The minimum Gasteiger partial charge on any atom is -0.490 e. The van der Waals surface area contributed by atoms with Crippen LogP contribution in [0.5, 0.6) is 5.75 Å². The van der Waals surface area contributed by atoms with Crippen LogP contribution in [0.3, 0.4) is 0 Å². The van der Waals surface area contributed by atoms with Gasteiger partial charge >= 0.3 is 0 Å². The molecule has 100 valence electrons. The zero-order valence-electron chi connectivity index (χ0n) is 11.3. The average molecular weight is 251 g/mol. The lowest BCUT2D eigenvalue weighted by Crippen LogP contribution is -2.15. The molecular weight excluding hydrogens is 230 g/mol. The van der Waals surface area contributed by atoms with Crippen molar-refractivity contribution in [1.29, 1.82) is 0 Å². The van der Waals surface area contributed by atoms with Crippen molar-refractivity contribution in [3.8, 4) is 5.75 Å². The van der Waals surface area contributed by atoms with Crippen molar-refractivity contribution in [2.24, 2.45) is 0 Å². The highest BCUT2D eigenvalue weighted by Crippen LogP contribution is 2.25. The van der Waals surface area contributed by atoms with Crippen molar-refractivity contribution in [3.05, 3.63) is 33.9 Å². The Labute approximate surface area is 108 Å². The number of ether oxygens (including phenoxy) is 1.